The molecule has 0 aromatic carbocycles. The van der Waals surface area contributed by atoms with Crippen LogP contribution in [-0.2, 0) is 4.79 Å². The van der Waals surface area contributed by atoms with Gasteiger partial charge in [0.15, 0.2) is 6.10 Å². The van der Waals surface area contributed by atoms with Gasteiger partial charge in [0.05, 0.1) is 13.1 Å². The Morgan fingerprint density at radius 3 is 2.64 bits per heavy atom. The van der Waals surface area contributed by atoms with E-state index in [1.807, 2.05) is 0 Å². The fourth-order valence-corrected chi connectivity index (χ4v) is 0.615. The number of terminal acetylenes is 1. The molecule has 0 saturated heterocycles. The Morgan fingerprint density at radius 2 is 2.21 bits per heavy atom. The number of amides is 2. The van der Waals surface area contributed by atoms with Crippen LogP contribution < -0.4 is 5.32 Å². The fraction of sp³-hybridized carbons (Fsp3) is 0.500. The average molecular weight is 200 g/mol. The third-order valence-electron chi connectivity index (χ3n) is 1.41. The molecule has 0 rings (SSSR count). The number of aliphatic hydroxyl groups is 1. The molecule has 0 radical (unpaired) electrons. The first-order valence-electron chi connectivity index (χ1n) is 3.82. The van der Waals surface area contributed by atoms with Crippen molar-refractivity contribution in [2.75, 3.05) is 20.1 Å². The van der Waals surface area contributed by atoms with Crippen molar-refractivity contribution in [3.63, 3.8) is 0 Å². The molecule has 0 aromatic heterocycles. The lowest BCUT2D eigenvalue weighted by atomic mass is 10.3. The van der Waals surface area contributed by atoms with Gasteiger partial charge in [0.25, 0.3) is 0 Å². The average Bonchev–Trinajstić information content (AvgIpc) is 2.13. The summed E-state index contributed by atoms with van der Waals surface area (Å²) in [6, 6.07) is -0.525. The van der Waals surface area contributed by atoms with Crippen LogP contribution in [0.25, 0.3) is 0 Å². The lowest BCUT2D eigenvalue weighted by molar-refractivity contribution is -0.146. The van der Waals surface area contributed by atoms with Gasteiger partial charge in [-0.15, -0.1) is 6.42 Å². The first kappa shape index (κ1) is 12.3. The maximum absolute atomic E-state index is 11.1. The molecule has 0 heterocycles. The van der Waals surface area contributed by atoms with Gasteiger partial charge in [-0.2, -0.15) is 0 Å². The van der Waals surface area contributed by atoms with E-state index in [1.165, 1.54) is 11.9 Å². The molecule has 1 atom stereocenters. The van der Waals surface area contributed by atoms with E-state index in [4.69, 9.17) is 16.6 Å². The molecular weight excluding hydrogens is 188 g/mol. The van der Waals surface area contributed by atoms with E-state index in [1.54, 1.807) is 0 Å². The van der Waals surface area contributed by atoms with E-state index in [-0.39, 0.29) is 13.1 Å². The molecule has 0 fully saturated rings. The maximum Gasteiger partial charge on any atom is 0.334 e. The molecule has 0 unspecified atom stereocenters. The SMILES string of the molecule is C#CCN(C)C(=O)NC[C@H](O)C(=O)O. The second-order valence-electron chi connectivity index (χ2n) is 2.60. The van der Waals surface area contributed by atoms with E-state index in [0.29, 0.717) is 0 Å². The van der Waals surface area contributed by atoms with Crippen LogP contribution >= 0.6 is 0 Å². The van der Waals surface area contributed by atoms with Crippen LogP contribution in [0.1, 0.15) is 0 Å². The summed E-state index contributed by atoms with van der Waals surface area (Å²) < 4.78 is 0. The number of aliphatic hydroxyl groups excluding tert-OH is 1. The zero-order valence-corrected chi connectivity index (χ0v) is 7.73. The van der Waals surface area contributed by atoms with Crippen LogP contribution in [0.4, 0.5) is 4.79 Å². The number of nitrogens with zero attached hydrogens (tertiary/aromatic N) is 1. The Kier molecular flexibility index (Phi) is 5.10. The van der Waals surface area contributed by atoms with Gasteiger partial charge in [-0.25, -0.2) is 9.59 Å². The van der Waals surface area contributed by atoms with Crippen LogP contribution in [0.3, 0.4) is 0 Å². The van der Waals surface area contributed by atoms with E-state index < -0.39 is 18.1 Å². The molecule has 0 aliphatic heterocycles. The van der Waals surface area contributed by atoms with Gasteiger partial charge in [-0.05, 0) is 0 Å². The van der Waals surface area contributed by atoms with Gasteiger partial charge in [0, 0.05) is 7.05 Å². The van der Waals surface area contributed by atoms with Crippen molar-refractivity contribution in [3.05, 3.63) is 0 Å². The molecule has 0 aliphatic rings. The Bertz CT molecular complexity index is 259. The third kappa shape index (κ3) is 4.33. The van der Waals surface area contributed by atoms with Crippen molar-refractivity contribution in [2.24, 2.45) is 0 Å². The highest BCUT2D eigenvalue weighted by Crippen LogP contribution is 1.85. The Hall–Kier alpha value is -1.74. The van der Waals surface area contributed by atoms with Crippen molar-refractivity contribution in [3.8, 4) is 12.3 Å². The standard InChI is InChI=1S/C8H12N2O4/c1-3-4-10(2)8(14)9-5-6(11)7(12)13/h1,6,11H,4-5H2,2H3,(H,9,14)(H,12,13)/t6-/m0/s1. The first-order chi connectivity index (χ1) is 6.49. The summed E-state index contributed by atoms with van der Waals surface area (Å²) in [5, 5.41) is 19.3. The molecule has 0 aliphatic carbocycles. The maximum atomic E-state index is 11.1. The number of carbonyl (C=O) groups is 2. The predicted molar refractivity (Wildman–Crippen MR) is 48.5 cm³/mol. The third-order valence-corrected chi connectivity index (χ3v) is 1.41. The van der Waals surface area contributed by atoms with Crippen LogP contribution in [0, 0.1) is 12.3 Å². The second-order valence-corrected chi connectivity index (χ2v) is 2.60. The summed E-state index contributed by atoms with van der Waals surface area (Å²) >= 11 is 0. The largest absolute Gasteiger partial charge is 0.479 e. The molecule has 14 heavy (non-hydrogen) atoms. The summed E-state index contributed by atoms with van der Waals surface area (Å²) in [4.78, 5) is 22.4. The molecule has 78 valence electrons. The number of carboxylic acids is 1. The van der Waals surface area contributed by atoms with E-state index >= 15 is 0 Å². The Balaban J connectivity index is 3.85. The van der Waals surface area contributed by atoms with Gasteiger partial charge in [0.1, 0.15) is 0 Å². The van der Waals surface area contributed by atoms with Crippen molar-refractivity contribution >= 4 is 12.0 Å². The molecule has 2 amide bonds. The van der Waals surface area contributed by atoms with Crippen molar-refractivity contribution in [1.82, 2.24) is 10.2 Å². The zero-order chi connectivity index (χ0) is 11.1. The minimum absolute atomic E-state index is 0.120. The Morgan fingerprint density at radius 1 is 1.64 bits per heavy atom. The summed E-state index contributed by atoms with van der Waals surface area (Å²) in [6.07, 6.45) is 3.36. The van der Waals surface area contributed by atoms with E-state index in [9.17, 15) is 9.59 Å². The molecule has 0 spiro atoms. The summed E-state index contributed by atoms with van der Waals surface area (Å²) in [5.74, 6) is 0.861. The lowest BCUT2D eigenvalue weighted by Crippen LogP contribution is -2.42. The molecule has 3 N–H and O–H groups in total. The van der Waals surface area contributed by atoms with Crippen LogP contribution in [0.5, 0.6) is 0 Å². The number of urea groups is 1. The second kappa shape index (κ2) is 5.83. The minimum atomic E-state index is -1.60. The van der Waals surface area contributed by atoms with Crippen molar-refractivity contribution in [1.29, 1.82) is 0 Å². The topological polar surface area (TPSA) is 89.9 Å². The molecule has 6 heteroatoms. The number of nitrogens with one attached hydrogen (secondary N) is 1. The number of rotatable bonds is 4. The molecule has 6 nitrogen and oxygen atoms in total. The summed E-state index contributed by atoms with van der Waals surface area (Å²) in [7, 11) is 1.46. The van der Waals surface area contributed by atoms with Crippen LogP contribution in [0.15, 0.2) is 0 Å². The summed E-state index contributed by atoms with van der Waals surface area (Å²) in [5.41, 5.74) is 0. The quantitative estimate of drug-likeness (QED) is 0.492. The fourth-order valence-electron chi connectivity index (χ4n) is 0.615. The smallest absolute Gasteiger partial charge is 0.334 e. The molecule has 0 aromatic rings. The monoisotopic (exact) mass is 200 g/mol. The van der Waals surface area contributed by atoms with Crippen molar-refractivity contribution < 1.29 is 19.8 Å². The van der Waals surface area contributed by atoms with Gasteiger partial charge < -0.3 is 20.4 Å². The van der Waals surface area contributed by atoms with E-state index in [2.05, 4.69) is 11.2 Å². The number of carbonyl (C=O) groups excluding carboxylic acids is 1. The number of carboxylic acid groups (broad SMARTS) is 1. The highest BCUT2D eigenvalue weighted by Gasteiger charge is 2.15. The molecule has 0 bridgehead atoms. The predicted octanol–water partition coefficient (Wildman–Crippen LogP) is -1.29. The van der Waals surface area contributed by atoms with Gasteiger partial charge >= 0.3 is 12.0 Å². The summed E-state index contributed by atoms with van der Waals surface area (Å²) in [6.45, 7) is -0.224. The minimum Gasteiger partial charge on any atom is -0.479 e. The van der Waals surface area contributed by atoms with Gasteiger partial charge in [-0.1, -0.05) is 5.92 Å². The van der Waals surface area contributed by atoms with E-state index in [0.717, 1.165) is 0 Å². The first-order valence-corrected chi connectivity index (χ1v) is 3.82. The zero-order valence-electron chi connectivity index (χ0n) is 7.73. The molecular formula is C8H12N2O4. The number of hydrogen-bond donors (Lipinski definition) is 3. The van der Waals surface area contributed by atoms with Crippen molar-refractivity contribution in [2.45, 2.75) is 6.10 Å². The number of hydrogen-bond acceptors (Lipinski definition) is 3. The molecule has 0 saturated carbocycles. The number of aliphatic carboxylic acids is 1. The van der Waals surface area contributed by atoms with Gasteiger partial charge in [-0.3, -0.25) is 0 Å². The lowest BCUT2D eigenvalue weighted by Gasteiger charge is -2.15. The van der Waals surface area contributed by atoms with Gasteiger partial charge in [0.2, 0.25) is 0 Å². The highest BCUT2D eigenvalue weighted by atomic mass is 16.4. The van der Waals surface area contributed by atoms with Crippen LogP contribution in [-0.4, -0.2) is 53.4 Å². The normalized spacial score (nSPS) is 11.2. The highest BCUT2D eigenvalue weighted by molar-refractivity contribution is 5.76. The Labute approximate surface area is 81.5 Å². The van der Waals surface area contributed by atoms with Crippen LogP contribution in [0.2, 0.25) is 0 Å².